The van der Waals surface area contributed by atoms with E-state index in [1.165, 1.54) is 25.7 Å². The van der Waals surface area contributed by atoms with Crippen molar-refractivity contribution in [2.24, 2.45) is 5.73 Å². The van der Waals surface area contributed by atoms with Crippen molar-refractivity contribution in [2.75, 3.05) is 19.8 Å². The first kappa shape index (κ1) is 13.9. The average Bonchev–Trinajstić information content (AvgIpc) is 2.30. The maximum absolute atomic E-state index is 5.95. The molecule has 1 aliphatic carbocycles. The van der Waals surface area contributed by atoms with E-state index in [0.29, 0.717) is 12.1 Å². The van der Waals surface area contributed by atoms with Gasteiger partial charge in [-0.3, -0.25) is 4.90 Å². The van der Waals surface area contributed by atoms with Crippen LogP contribution in [0.3, 0.4) is 0 Å². The van der Waals surface area contributed by atoms with E-state index in [1.54, 1.807) is 0 Å². The first-order valence-corrected chi connectivity index (χ1v) is 6.78. The third-order valence-electron chi connectivity index (χ3n) is 3.70. The Morgan fingerprint density at radius 2 is 1.88 bits per heavy atom. The largest absolute Gasteiger partial charge is 0.380 e. The molecule has 0 aromatic heterocycles. The normalized spacial score (nSPS) is 28.3. The van der Waals surface area contributed by atoms with Crippen LogP contribution in [0.4, 0.5) is 0 Å². The van der Waals surface area contributed by atoms with Gasteiger partial charge in [0.1, 0.15) is 0 Å². The molecule has 1 unspecified atom stereocenters. The van der Waals surface area contributed by atoms with Gasteiger partial charge in [0.25, 0.3) is 0 Å². The van der Waals surface area contributed by atoms with Crippen LogP contribution in [0.15, 0.2) is 0 Å². The van der Waals surface area contributed by atoms with E-state index in [2.05, 4.69) is 25.7 Å². The summed E-state index contributed by atoms with van der Waals surface area (Å²) in [6.07, 6.45) is 4.88. The lowest BCUT2D eigenvalue weighted by Crippen LogP contribution is -2.46. The van der Waals surface area contributed by atoms with Crippen LogP contribution < -0.4 is 5.73 Å². The highest BCUT2D eigenvalue weighted by Crippen LogP contribution is 2.23. The molecule has 0 aliphatic heterocycles. The lowest BCUT2D eigenvalue weighted by Gasteiger charge is -2.39. The number of hydrogen-bond donors (Lipinski definition) is 1. The molecule has 0 saturated heterocycles. The van der Waals surface area contributed by atoms with Crippen molar-refractivity contribution in [1.82, 2.24) is 4.90 Å². The SMILES string of the molecule is CCOCC(C)N(CC)C1CCC(N)CC1. The molecule has 3 heteroatoms. The van der Waals surface area contributed by atoms with E-state index in [1.807, 2.05) is 0 Å². The molecule has 0 radical (unpaired) electrons. The molecule has 0 bridgehead atoms. The summed E-state index contributed by atoms with van der Waals surface area (Å²) in [5, 5.41) is 0. The Kier molecular flexibility index (Phi) is 6.32. The van der Waals surface area contributed by atoms with Gasteiger partial charge < -0.3 is 10.5 Å². The predicted molar refractivity (Wildman–Crippen MR) is 68.6 cm³/mol. The Balaban J connectivity index is 2.40. The van der Waals surface area contributed by atoms with Gasteiger partial charge in [-0.15, -0.1) is 0 Å². The zero-order chi connectivity index (χ0) is 12.0. The molecule has 0 heterocycles. The number of ether oxygens (including phenoxy) is 1. The van der Waals surface area contributed by atoms with Gasteiger partial charge in [0, 0.05) is 24.7 Å². The summed E-state index contributed by atoms with van der Waals surface area (Å²) in [5.41, 5.74) is 5.95. The molecule has 2 N–H and O–H groups in total. The van der Waals surface area contributed by atoms with Crippen LogP contribution in [-0.4, -0.2) is 42.8 Å². The van der Waals surface area contributed by atoms with Crippen molar-refractivity contribution >= 4 is 0 Å². The van der Waals surface area contributed by atoms with E-state index < -0.39 is 0 Å². The number of likely N-dealkylation sites (N-methyl/N-ethyl adjacent to an activating group) is 1. The monoisotopic (exact) mass is 228 g/mol. The molecule has 3 nitrogen and oxygen atoms in total. The van der Waals surface area contributed by atoms with Crippen LogP contribution >= 0.6 is 0 Å². The zero-order valence-corrected chi connectivity index (χ0v) is 11.1. The molecule has 1 aliphatic rings. The lowest BCUT2D eigenvalue weighted by molar-refractivity contribution is 0.0415. The van der Waals surface area contributed by atoms with E-state index in [4.69, 9.17) is 10.5 Å². The molecule has 16 heavy (non-hydrogen) atoms. The fraction of sp³-hybridized carbons (Fsp3) is 1.00. The second kappa shape index (κ2) is 7.25. The van der Waals surface area contributed by atoms with E-state index in [-0.39, 0.29) is 0 Å². The number of hydrogen-bond acceptors (Lipinski definition) is 3. The Morgan fingerprint density at radius 1 is 1.25 bits per heavy atom. The minimum atomic E-state index is 0.442. The van der Waals surface area contributed by atoms with Gasteiger partial charge in [0.05, 0.1) is 6.61 Å². The van der Waals surface area contributed by atoms with E-state index >= 15 is 0 Å². The van der Waals surface area contributed by atoms with Gasteiger partial charge in [-0.2, -0.15) is 0 Å². The van der Waals surface area contributed by atoms with Crippen molar-refractivity contribution in [2.45, 2.75) is 64.6 Å². The summed E-state index contributed by atoms with van der Waals surface area (Å²) in [6, 6.07) is 1.70. The van der Waals surface area contributed by atoms with Crippen LogP contribution in [0.25, 0.3) is 0 Å². The number of nitrogens with zero attached hydrogens (tertiary/aromatic N) is 1. The first-order chi connectivity index (χ1) is 7.69. The Labute approximate surface area is 100 Å². The van der Waals surface area contributed by atoms with Crippen molar-refractivity contribution in [3.63, 3.8) is 0 Å². The van der Waals surface area contributed by atoms with Crippen molar-refractivity contribution in [1.29, 1.82) is 0 Å². The molecule has 0 aromatic rings. The summed E-state index contributed by atoms with van der Waals surface area (Å²) in [4.78, 5) is 2.58. The van der Waals surface area contributed by atoms with Crippen molar-refractivity contribution < 1.29 is 4.74 Å². The smallest absolute Gasteiger partial charge is 0.0619 e. The fourth-order valence-corrected chi connectivity index (χ4v) is 2.75. The van der Waals surface area contributed by atoms with Crippen LogP contribution in [0.2, 0.25) is 0 Å². The van der Waals surface area contributed by atoms with Gasteiger partial charge in [-0.05, 0) is 46.1 Å². The third kappa shape index (κ3) is 4.04. The molecule has 0 spiro atoms. The molecule has 1 fully saturated rings. The number of nitrogens with two attached hydrogens (primary N) is 1. The lowest BCUT2D eigenvalue weighted by atomic mass is 9.90. The summed E-state index contributed by atoms with van der Waals surface area (Å²) in [7, 11) is 0. The third-order valence-corrected chi connectivity index (χ3v) is 3.70. The van der Waals surface area contributed by atoms with Gasteiger partial charge in [0.15, 0.2) is 0 Å². The predicted octanol–water partition coefficient (Wildman–Crippen LogP) is 2.00. The van der Waals surface area contributed by atoms with E-state index in [9.17, 15) is 0 Å². The van der Waals surface area contributed by atoms with E-state index in [0.717, 1.165) is 25.8 Å². The summed E-state index contributed by atoms with van der Waals surface area (Å²) in [5.74, 6) is 0. The van der Waals surface area contributed by atoms with Gasteiger partial charge in [0.2, 0.25) is 0 Å². The molecular weight excluding hydrogens is 200 g/mol. The highest BCUT2D eigenvalue weighted by Gasteiger charge is 2.26. The minimum absolute atomic E-state index is 0.442. The highest BCUT2D eigenvalue weighted by molar-refractivity contribution is 4.83. The second-order valence-electron chi connectivity index (χ2n) is 4.91. The Hall–Kier alpha value is -0.120. The molecular formula is C13H28N2O. The minimum Gasteiger partial charge on any atom is -0.380 e. The van der Waals surface area contributed by atoms with Crippen LogP contribution in [0.1, 0.15) is 46.5 Å². The van der Waals surface area contributed by atoms with Crippen LogP contribution in [-0.2, 0) is 4.74 Å². The van der Waals surface area contributed by atoms with Crippen LogP contribution in [0.5, 0.6) is 0 Å². The Bertz CT molecular complexity index is 179. The van der Waals surface area contributed by atoms with Gasteiger partial charge in [-0.1, -0.05) is 6.92 Å². The quantitative estimate of drug-likeness (QED) is 0.756. The fourth-order valence-electron chi connectivity index (χ4n) is 2.75. The van der Waals surface area contributed by atoms with Crippen molar-refractivity contribution in [3.05, 3.63) is 0 Å². The standard InChI is InChI=1S/C13H28N2O/c1-4-15(11(3)10-16-5-2)13-8-6-12(14)7-9-13/h11-13H,4-10,14H2,1-3H3. The highest BCUT2D eigenvalue weighted by atomic mass is 16.5. The van der Waals surface area contributed by atoms with Gasteiger partial charge in [-0.25, -0.2) is 0 Å². The maximum atomic E-state index is 5.95. The summed E-state index contributed by atoms with van der Waals surface area (Å²) in [6.45, 7) is 9.37. The molecule has 96 valence electrons. The van der Waals surface area contributed by atoms with Crippen molar-refractivity contribution in [3.8, 4) is 0 Å². The topological polar surface area (TPSA) is 38.5 Å². The summed E-state index contributed by atoms with van der Waals surface area (Å²) >= 11 is 0. The molecule has 0 aromatic carbocycles. The zero-order valence-electron chi connectivity index (χ0n) is 11.1. The maximum Gasteiger partial charge on any atom is 0.0619 e. The second-order valence-corrected chi connectivity index (χ2v) is 4.91. The molecule has 1 saturated carbocycles. The van der Waals surface area contributed by atoms with Gasteiger partial charge >= 0.3 is 0 Å². The first-order valence-electron chi connectivity index (χ1n) is 6.78. The molecule has 1 atom stereocenters. The molecule has 0 amide bonds. The van der Waals surface area contributed by atoms with Crippen LogP contribution in [0, 0.1) is 0 Å². The Morgan fingerprint density at radius 3 is 2.38 bits per heavy atom. The average molecular weight is 228 g/mol. The number of rotatable bonds is 6. The summed E-state index contributed by atoms with van der Waals surface area (Å²) < 4.78 is 5.52. The molecule has 1 rings (SSSR count).